The molecule has 0 aromatic carbocycles. The lowest BCUT2D eigenvalue weighted by atomic mass is 10.4. The standard InChI is InChI=1S/C14H16BrN5S2/c1-9-6-10(2)20-13(16-9)17-14(21)19(20)8-18(3)7-11-4-5-12(15)22-11/h4-6H,7-8H2,1-3H3. The van der Waals surface area contributed by atoms with Gasteiger partial charge >= 0.3 is 0 Å². The third-order valence-electron chi connectivity index (χ3n) is 3.31. The van der Waals surface area contributed by atoms with E-state index in [0.29, 0.717) is 17.2 Å². The Morgan fingerprint density at radius 2 is 2.09 bits per heavy atom. The molecule has 116 valence electrons. The minimum Gasteiger partial charge on any atom is -0.282 e. The molecule has 0 bridgehead atoms. The molecule has 5 nitrogen and oxygen atoms in total. The number of hydrogen-bond donors (Lipinski definition) is 0. The van der Waals surface area contributed by atoms with Crippen LogP contribution in [0.15, 0.2) is 22.0 Å². The second-order valence-corrected chi connectivity index (χ2v) is 8.22. The SMILES string of the molecule is Cc1cc(C)n2c(n1)nc(=S)n2CN(C)Cc1ccc(Br)s1. The van der Waals surface area contributed by atoms with E-state index in [1.807, 2.05) is 29.1 Å². The normalized spacial score (nSPS) is 11.7. The summed E-state index contributed by atoms with van der Waals surface area (Å²) in [7, 11) is 2.08. The van der Waals surface area contributed by atoms with E-state index in [0.717, 1.165) is 21.7 Å². The monoisotopic (exact) mass is 397 g/mol. The summed E-state index contributed by atoms with van der Waals surface area (Å²) in [6.45, 7) is 5.55. The summed E-state index contributed by atoms with van der Waals surface area (Å²) in [5.74, 6) is 0.662. The van der Waals surface area contributed by atoms with Gasteiger partial charge in [0.05, 0.1) is 10.5 Å². The van der Waals surface area contributed by atoms with Crippen LogP contribution in [0, 0.1) is 18.6 Å². The first kappa shape index (κ1) is 15.8. The van der Waals surface area contributed by atoms with Crippen molar-refractivity contribution in [3.05, 3.63) is 43.0 Å². The highest BCUT2D eigenvalue weighted by Gasteiger charge is 2.11. The number of rotatable bonds is 4. The maximum absolute atomic E-state index is 5.40. The smallest absolute Gasteiger partial charge is 0.252 e. The molecule has 0 aliphatic heterocycles. The van der Waals surface area contributed by atoms with Crippen LogP contribution < -0.4 is 0 Å². The summed E-state index contributed by atoms with van der Waals surface area (Å²) in [5, 5.41) is 0. The van der Waals surface area contributed by atoms with Crippen LogP contribution in [0.2, 0.25) is 0 Å². The molecule has 0 aliphatic carbocycles. The van der Waals surface area contributed by atoms with E-state index < -0.39 is 0 Å². The first-order chi connectivity index (χ1) is 10.4. The Balaban J connectivity index is 1.90. The molecular formula is C14H16BrN5S2. The third-order valence-corrected chi connectivity index (χ3v) is 5.22. The van der Waals surface area contributed by atoms with E-state index in [1.165, 1.54) is 4.88 Å². The van der Waals surface area contributed by atoms with Crippen molar-refractivity contribution in [2.45, 2.75) is 27.1 Å². The molecule has 0 atom stereocenters. The number of nitrogens with zero attached hydrogens (tertiary/aromatic N) is 5. The van der Waals surface area contributed by atoms with Crippen LogP contribution in [0.25, 0.3) is 5.78 Å². The van der Waals surface area contributed by atoms with E-state index in [-0.39, 0.29) is 0 Å². The first-order valence-electron chi connectivity index (χ1n) is 6.80. The highest BCUT2D eigenvalue weighted by atomic mass is 79.9. The fraction of sp³-hybridized carbons (Fsp3) is 0.357. The highest BCUT2D eigenvalue weighted by molar-refractivity contribution is 9.11. The summed E-state index contributed by atoms with van der Waals surface area (Å²) in [6.07, 6.45) is 0. The highest BCUT2D eigenvalue weighted by Crippen LogP contribution is 2.23. The molecular weight excluding hydrogens is 382 g/mol. The molecule has 0 unspecified atom stereocenters. The maximum Gasteiger partial charge on any atom is 0.252 e. The van der Waals surface area contributed by atoms with Crippen molar-refractivity contribution in [2.24, 2.45) is 0 Å². The molecule has 0 N–H and O–H groups in total. The van der Waals surface area contributed by atoms with Crippen molar-refractivity contribution in [1.82, 2.24) is 24.1 Å². The average molecular weight is 398 g/mol. The van der Waals surface area contributed by atoms with E-state index in [1.54, 1.807) is 11.3 Å². The first-order valence-corrected chi connectivity index (χ1v) is 8.82. The number of hydrogen-bond acceptors (Lipinski definition) is 5. The molecule has 0 spiro atoms. The molecule has 0 aliphatic rings. The van der Waals surface area contributed by atoms with Crippen molar-refractivity contribution >= 4 is 45.3 Å². The minimum atomic E-state index is 0.556. The van der Waals surface area contributed by atoms with Crippen LogP contribution in [0.5, 0.6) is 0 Å². The summed E-state index contributed by atoms with van der Waals surface area (Å²) in [5.41, 5.74) is 2.03. The van der Waals surface area contributed by atoms with Gasteiger partial charge < -0.3 is 0 Å². The number of halogens is 1. The van der Waals surface area contributed by atoms with E-state index in [4.69, 9.17) is 12.2 Å². The fourth-order valence-corrected chi connectivity index (χ4v) is 4.25. The predicted octanol–water partition coefficient (Wildman–Crippen LogP) is 3.79. The number of thiophene rings is 1. The van der Waals surface area contributed by atoms with E-state index in [9.17, 15) is 0 Å². The molecule has 3 rings (SSSR count). The molecule has 3 heterocycles. The Morgan fingerprint density at radius 3 is 2.77 bits per heavy atom. The second-order valence-electron chi connectivity index (χ2n) is 5.31. The number of aryl methyl sites for hydroxylation is 2. The third kappa shape index (κ3) is 3.15. The van der Waals surface area contributed by atoms with Gasteiger partial charge in [0.15, 0.2) is 0 Å². The zero-order valence-corrected chi connectivity index (χ0v) is 15.8. The topological polar surface area (TPSA) is 38.4 Å². The molecule has 3 aromatic heterocycles. The van der Waals surface area contributed by atoms with Gasteiger partial charge in [-0.15, -0.1) is 11.3 Å². The van der Waals surface area contributed by atoms with Crippen LogP contribution in [0.3, 0.4) is 0 Å². The van der Waals surface area contributed by atoms with Gasteiger partial charge in [0.1, 0.15) is 0 Å². The van der Waals surface area contributed by atoms with Crippen LogP contribution in [0.4, 0.5) is 0 Å². The Kier molecular flexibility index (Phi) is 4.44. The number of fused-ring (bicyclic) bond motifs is 1. The Labute approximate surface area is 146 Å². The lowest BCUT2D eigenvalue weighted by Crippen LogP contribution is -2.24. The molecule has 0 saturated carbocycles. The van der Waals surface area contributed by atoms with Gasteiger partial charge in [-0.05, 0) is 67.2 Å². The van der Waals surface area contributed by atoms with Crippen LogP contribution in [-0.4, -0.2) is 31.1 Å². The summed E-state index contributed by atoms with van der Waals surface area (Å²) >= 11 is 10.6. The summed E-state index contributed by atoms with van der Waals surface area (Å²) < 4.78 is 5.67. The molecule has 0 saturated heterocycles. The molecule has 3 aromatic rings. The minimum absolute atomic E-state index is 0.556. The van der Waals surface area contributed by atoms with Crippen LogP contribution in [0.1, 0.15) is 16.3 Å². The van der Waals surface area contributed by atoms with Crippen molar-refractivity contribution in [3.8, 4) is 0 Å². The lowest BCUT2D eigenvalue weighted by molar-refractivity contribution is 0.240. The molecule has 22 heavy (non-hydrogen) atoms. The van der Waals surface area contributed by atoms with Crippen molar-refractivity contribution < 1.29 is 0 Å². The Hall–Kier alpha value is -1.09. The van der Waals surface area contributed by atoms with Gasteiger partial charge in [-0.2, -0.15) is 4.98 Å². The molecule has 0 radical (unpaired) electrons. The second kappa shape index (κ2) is 6.19. The molecule has 0 fully saturated rings. The van der Waals surface area contributed by atoms with Crippen molar-refractivity contribution in [1.29, 1.82) is 0 Å². The van der Waals surface area contributed by atoms with Gasteiger partial charge in [0.2, 0.25) is 4.77 Å². The van der Waals surface area contributed by atoms with Gasteiger partial charge in [-0.1, -0.05) is 0 Å². The summed E-state index contributed by atoms with van der Waals surface area (Å²) in [4.78, 5) is 12.4. The molecule has 8 heteroatoms. The van der Waals surface area contributed by atoms with Crippen LogP contribution >= 0.6 is 39.5 Å². The Morgan fingerprint density at radius 1 is 1.32 bits per heavy atom. The lowest BCUT2D eigenvalue weighted by Gasteiger charge is -2.18. The Bertz CT molecular complexity index is 879. The zero-order valence-electron chi connectivity index (χ0n) is 12.6. The molecule has 0 amide bonds. The maximum atomic E-state index is 5.40. The number of aromatic nitrogens is 4. The van der Waals surface area contributed by atoms with Crippen molar-refractivity contribution in [3.63, 3.8) is 0 Å². The van der Waals surface area contributed by atoms with E-state index >= 15 is 0 Å². The van der Waals surface area contributed by atoms with E-state index in [2.05, 4.69) is 50.0 Å². The zero-order chi connectivity index (χ0) is 15.9. The quantitative estimate of drug-likeness (QED) is 0.627. The fourth-order valence-electron chi connectivity index (χ4n) is 2.46. The van der Waals surface area contributed by atoms with Crippen molar-refractivity contribution in [2.75, 3.05) is 7.05 Å². The van der Waals surface area contributed by atoms with Crippen LogP contribution in [-0.2, 0) is 13.2 Å². The summed E-state index contributed by atoms with van der Waals surface area (Å²) in [6, 6.07) is 6.25. The predicted molar refractivity (Wildman–Crippen MR) is 94.8 cm³/mol. The largest absolute Gasteiger partial charge is 0.282 e. The average Bonchev–Trinajstić information content (AvgIpc) is 2.94. The van der Waals surface area contributed by atoms with Gasteiger partial charge in [0, 0.05) is 22.8 Å². The van der Waals surface area contributed by atoms with Gasteiger partial charge in [0.25, 0.3) is 5.78 Å². The van der Waals surface area contributed by atoms with Gasteiger partial charge in [-0.25, -0.2) is 14.2 Å². The van der Waals surface area contributed by atoms with Gasteiger partial charge in [-0.3, -0.25) is 4.90 Å².